The zero-order valence-corrected chi connectivity index (χ0v) is 8.17. The van der Waals surface area contributed by atoms with Crippen LogP contribution in [0.1, 0.15) is 19.8 Å². The smallest absolute Gasteiger partial charge is 0.107 e. The van der Waals surface area contributed by atoms with Crippen molar-refractivity contribution >= 4 is 27.5 Å². The summed E-state index contributed by atoms with van der Waals surface area (Å²) in [6, 6.07) is 0. The van der Waals surface area contributed by atoms with Gasteiger partial charge in [-0.2, -0.15) is 0 Å². The second kappa shape index (κ2) is 2.84. The molecule has 0 radical (unpaired) electrons. The van der Waals surface area contributed by atoms with E-state index < -0.39 is 5.60 Å². The van der Waals surface area contributed by atoms with E-state index in [0.717, 1.165) is 12.8 Å². The van der Waals surface area contributed by atoms with Gasteiger partial charge in [-0.05, 0) is 19.8 Å². The van der Waals surface area contributed by atoms with Crippen LogP contribution < -0.4 is 0 Å². The van der Waals surface area contributed by atoms with Gasteiger partial charge in [0.2, 0.25) is 0 Å². The van der Waals surface area contributed by atoms with Gasteiger partial charge in [0.25, 0.3) is 0 Å². The first-order valence-electron chi connectivity index (χ1n) is 3.24. The maximum atomic E-state index is 9.57. The standard InChI is InChI=1S/C7H10BrClO/c1-7(10,4-8)6(9)5-2-3-5/h10H,2-4H2,1H3/t7-/m1/s1. The van der Waals surface area contributed by atoms with Crippen molar-refractivity contribution in [3.05, 3.63) is 10.6 Å². The van der Waals surface area contributed by atoms with Crippen molar-refractivity contribution in [1.29, 1.82) is 0 Å². The summed E-state index contributed by atoms with van der Waals surface area (Å²) in [5, 5.41) is 10.7. The molecular formula is C7H10BrClO. The Morgan fingerprint density at radius 3 is 2.60 bits per heavy atom. The van der Waals surface area contributed by atoms with E-state index in [1.54, 1.807) is 6.92 Å². The van der Waals surface area contributed by atoms with Gasteiger partial charge in [-0.15, -0.1) is 0 Å². The number of hydrogen-bond donors (Lipinski definition) is 1. The maximum absolute atomic E-state index is 9.57. The number of allylic oxidation sites excluding steroid dienone is 1. The van der Waals surface area contributed by atoms with Crippen molar-refractivity contribution < 1.29 is 5.11 Å². The molecule has 3 heteroatoms. The highest BCUT2D eigenvalue weighted by Gasteiger charge is 2.29. The number of alkyl halides is 1. The van der Waals surface area contributed by atoms with Crippen LogP contribution in [0.5, 0.6) is 0 Å². The van der Waals surface area contributed by atoms with Crippen LogP contribution in [0, 0.1) is 0 Å². The Bertz CT molecular complexity index is 168. The van der Waals surface area contributed by atoms with Gasteiger partial charge in [-0.1, -0.05) is 33.1 Å². The van der Waals surface area contributed by atoms with Crippen molar-refractivity contribution in [1.82, 2.24) is 0 Å². The van der Waals surface area contributed by atoms with Crippen molar-refractivity contribution in [2.45, 2.75) is 25.4 Å². The lowest BCUT2D eigenvalue weighted by Crippen LogP contribution is -2.26. The van der Waals surface area contributed by atoms with Crippen LogP contribution in [-0.4, -0.2) is 16.0 Å². The normalized spacial score (nSPS) is 22.2. The molecule has 0 bridgehead atoms. The monoisotopic (exact) mass is 224 g/mol. The second-order valence-corrected chi connectivity index (χ2v) is 3.76. The largest absolute Gasteiger partial charge is 0.384 e. The van der Waals surface area contributed by atoms with Crippen molar-refractivity contribution in [2.24, 2.45) is 0 Å². The summed E-state index contributed by atoms with van der Waals surface area (Å²) in [5.74, 6) is 0. The third-order valence-electron chi connectivity index (χ3n) is 1.54. The Kier molecular flexibility index (Phi) is 2.43. The molecule has 1 saturated carbocycles. The Balaban J connectivity index is 2.72. The molecule has 1 rings (SSSR count). The predicted octanol–water partition coefficient (Wildman–Crippen LogP) is 2.42. The summed E-state index contributed by atoms with van der Waals surface area (Å²) in [6.07, 6.45) is 2.12. The molecule has 58 valence electrons. The molecule has 0 aliphatic heterocycles. The van der Waals surface area contributed by atoms with Gasteiger partial charge in [0.05, 0.1) is 0 Å². The molecule has 0 spiro atoms. The first-order valence-corrected chi connectivity index (χ1v) is 4.74. The molecule has 0 aromatic carbocycles. The Morgan fingerprint density at radius 2 is 2.30 bits per heavy atom. The minimum absolute atomic E-state index is 0.502. The molecule has 0 unspecified atom stereocenters. The number of rotatable bonds is 2. The second-order valence-electron chi connectivity index (χ2n) is 2.83. The van der Waals surface area contributed by atoms with Crippen LogP contribution in [-0.2, 0) is 0 Å². The highest BCUT2D eigenvalue weighted by Crippen LogP contribution is 2.38. The summed E-state index contributed by atoms with van der Waals surface area (Å²) in [7, 11) is 0. The van der Waals surface area contributed by atoms with E-state index >= 15 is 0 Å². The van der Waals surface area contributed by atoms with Crippen molar-refractivity contribution in [2.75, 3.05) is 5.33 Å². The Hall–Kier alpha value is 0.470. The van der Waals surface area contributed by atoms with Gasteiger partial charge >= 0.3 is 0 Å². The lowest BCUT2D eigenvalue weighted by Gasteiger charge is -2.18. The van der Waals surface area contributed by atoms with Gasteiger partial charge in [-0.3, -0.25) is 0 Å². The van der Waals surface area contributed by atoms with Gasteiger partial charge in [-0.25, -0.2) is 0 Å². The van der Waals surface area contributed by atoms with Crippen LogP contribution in [0.25, 0.3) is 0 Å². The van der Waals surface area contributed by atoms with E-state index in [2.05, 4.69) is 15.9 Å². The fourth-order valence-corrected chi connectivity index (χ4v) is 1.42. The molecule has 1 atom stereocenters. The fourth-order valence-electron chi connectivity index (χ4n) is 0.721. The molecule has 1 fully saturated rings. The van der Waals surface area contributed by atoms with E-state index in [1.807, 2.05) is 0 Å². The molecule has 0 aromatic rings. The number of hydrogen-bond acceptors (Lipinski definition) is 1. The van der Waals surface area contributed by atoms with E-state index in [4.69, 9.17) is 11.6 Å². The number of halogens is 2. The average molecular weight is 226 g/mol. The van der Waals surface area contributed by atoms with E-state index in [9.17, 15) is 5.11 Å². The third kappa shape index (κ3) is 1.74. The average Bonchev–Trinajstić information content (AvgIpc) is 2.68. The molecule has 10 heavy (non-hydrogen) atoms. The van der Waals surface area contributed by atoms with Gasteiger partial charge in [0.15, 0.2) is 0 Å². The van der Waals surface area contributed by atoms with Gasteiger partial charge in [0, 0.05) is 10.4 Å². The van der Waals surface area contributed by atoms with E-state index in [-0.39, 0.29) is 0 Å². The summed E-state index contributed by atoms with van der Waals surface area (Å²) < 4.78 is 0. The molecule has 0 amide bonds. The molecule has 0 heterocycles. The highest BCUT2D eigenvalue weighted by atomic mass is 79.9. The van der Waals surface area contributed by atoms with Crippen LogP contribution in [0.15, 0.2) is 10.6 Å². The van der Waals surface area contributed by atoms with E-state index in [0.29, 0.717) is 10.4 Å². The van der Waals surface area contributed by atoms with Gasteiger partial charge < -0.3 is 5.11 Å². The van der Waals surface area contributed by atoms with Crippen molar-refractivity contribution in [3.63, 3.8) is 0 Å². The molecule has 0 aromatic heterocycles. The minimum Gasteiger partial charge on any atom is -0.384 e. The molecule has 1 aliphatic carbocycles. The zero-order chi connectivity index (χ0) is 7.78. The molecule has 1 nitrogen and oxygen atoms in total. The molecule has 0 saturated heterocycles. The first-order chi connectivity index (χ1) is 4.58. The van der Waals surface area contributed by atoms with Gasteiger partial charge in [0.1, 0.15) is 5.60 Å². The Morgan fingerprint density at radius 1 is 1.80 bits per heavy atom. The van der Waals surface area contributed by atoms with Crippen LogP contribution in [0.3, 0.4) is 0 Å². The van der Waals surface area contributed by atoms with Crippen LogP contribution in [0.4, 0.5) is 0 Å². The molecule has 1 N–H and O–H groups in total. The molecule has 1 aliphatic rings. The third-order valence-corrected chi connectivity index (χ3v) is 3.31. The van der Waals surface area contributed by atoms with Crippen LogP contribution >= 0.6 is 27.5 Å². The Labute approximate surface area is 74.2 Å². The summed E-state index contributed by atoms with van der Waals surface area (Å²) in [6.45, 7) is 1.72. The highest BCUT2D eigenvalue weighted by molar-refractivity contribution is 9.09. The van der Waals surface area contributed by atoms with Crippen molar-refractivity contribution in [3.8, 4) is 0 Å². The lowest BCUT2D eigenvalue weighted by atomic mass is 10.1. The van der Waals surface area contributed by atoms with E-state index in [1.165, 1.54) is 5.57 Å². The predicted molar refractivity (Wildman–Crippen MR) is 46.5 cm³/mol. The summed E-state index contributed by atoms with van der Waals surface area (Å²) in [4.78, 5) is 0. The number of aliphatic hydroxyl groups is 1. The quantitative estimate of drug-likeness (QED) is 0.716. The zero-order valence-electron chi connectivity index (χ0n) is 5.82. The van der Waals surface area contributed by atoms with Crippen LogP contribution in [0.2, 0.25) is 0 Å². The maximum Gasteiger partial charge on any atom is 0.107 e. The summed E-state index contributed by atoms with van der Waals surface area (Å²) in [5.41, 5.74) is 0.346. The first kappa shape index (κ1) is 8.57. The summed E-state index contributed by atoms with van der Waals surface area (Å²) >= 11 is 9.07. The topological polar surface area (TPSA) is 20.2 Å². The fraction of sp³-hybridized carbons (Fsp3) is 0.714. The minimum atomic E-state index is -0.854. The lowest BCUT2D eigenvalue weighted by molar-refractivity contribution is 0.134. The SMILES string of the molecule is C[C@@](O)(CBr)C(Cl)=C1CC1. The molecular weight excluding hydrogens is 215 g/mol.